The Morgan fingerprint density at radius 3 is 1.89 bits per heavy atom. The standard InChI is InChI=1S/C27H25NO12S4/c1-15-27(2,3)26-21-8-7-20(43(35,36)37)11-22(21)24(44(38,39)40)12-23(26)28(15)19-9-16-5-4-6-17(13-41(29,30)31)25(16)18(10-19)14-42(32,33)34/h4-12H,13-14H2,1-3H3,(H3-,29,30,31,32,33,34,35,36,37,38,39,40)/p+1. The molecule has 1 aliphatic heterocycles. The second-order valence-corrected chi connectivity index (χ2v) is 16.8. The fraction of sp³-hybridized carbons (Fsp3) is 0.222. The maximum absolute atomic E-state index is 12.6. The van der Waals surface area contributed by atoms with Gasteiger partial charge in [-0.3, -0.25) is 18.2 Å². The van der Waals surface area contributed by atoms with Crippen LogP contribution >= 0.6 is 0 Å². The lowest BCUT2D eigenvalue weighted by atomic mass is 9.80. The Labute approximate surface area is 253 Å². The Bertz CT molecular complexity index is 2410. The monoisotopic (exact) mass is 684 g/mol. The third-order valence-corrected chi connectivity index (χ3v) is 10.9. The normalized spacial score (nSPS) is 15.7. The van der Waals surface area contributed by atoms with Crippen LogP contribution in [0.25, 0.3) is 21.5 Å². The molecule has 5 rings (SSSR count). The molecule has 0 bridgehead atoms. The van der Waals surface area contributed by atoms with Crippen molar-refractivity contribution in [3.05, 3.63) is 71.3 Å². The molecule has 0 unspecified atom stereocenters. The smallest absolute Gasteiger partial charge is 0.285 e. The summed E-state index contributed by atoms with van der Waals surface area (Å²) in [6, 6.07) is 11.9. The number of hydrogen-bond donors (Lipinski definition) is 4. The molecule has 17 heteroatoms. The topological polar surface area (TPSA) is 220 Å². The van der Waals surface area contributed by atoms with E-state index in [1.165, 1.54) is 24.3 Å². The zero-order valence-electron chi connectivity index (χ0n) is 23.2. The first-order valence-corrected chi connectivity index (χ1v) is 18.7. The molecule has 0 amide bonds. The van der Waals surface area contributed by atoms with E-state index in [1.807, 2.05) is 13.8 Å². The molecular weight excluding hydrogens is 659 g/mol. The first-order chi connectivity index (χ1) is 20.0. The summed E-state index contributed by atoms with van der Waals surface area (Å²) in [6.45, 7) is 5.36. The molecule has 0 aromatic heterocycles. The first-order valence-electron chi connectivity index (χ1n) is 12.6. The zero-order valence-corrected chi connectivity index (χ0v) is 26.5. The highest BCUT2D eigenvalue weighted by atomic mass is 32.2. The van der Waals surface area contributed by atoms with Gasteiger partial charge in [-0.05, 0) is 53.3 Å². The van der Waals surface area contributed by atoms with Gasteiger partial charge >= 0.3 is 0 Å². The molecule has 13 nitrogen and oxygen atoms in total. The van der Waals surface area contributed by atoms with Crippen LogP contribution in [0.1, 0.15) is 37.5 Å². The van der Waals surface area contributed by atoms with Gasteiger partial charge in [-0.2, -0.15) is 38.2 Å². The minimum absolute atomic E-state index is 0.00751. The van der Waals surface area contributed by atoms with Crippen molar-refractivity contribution < 1.29 is 51.9 Å². The predicted octanol–water partition coefficient (Wildman–Crippen LogP) is 3.85. The van der Waals surface area contributed by atoms with E-state index in [0.717, 1.165) is 18.2 Å². The number of nitrogens with zero attached hydrogens (tertiary/aromatic N) is 1. The number of rotatable bonds is 7. The van der Waals surface area contributed by atoms with E-state index in [4.69, 9.17) is 0 Å². The molecule has 0 spiro atoms. The van der Waals surface area contributed by atoms with Gasteiger partial charge in [-0.25, -0.2) is 0 Å². The fourth-order valence-corrected chi connectivity index (χ4v) is 8.35. The van der Waals surface area contributed by atoms with Crippen LogP contribution in [0.4, 0.5) is 11.4 Å². The molecule has 4 aromatic carbocycles. The highest BCUT2D eigenvalue weighted by Crippen LogP contribution is 2.48. The molecule has 0 saturated heterocycles. The minimum atomic E-state index is -4.97. The lowest BCUT2D eigenvalue weighted by Crippen LogP contribution is -2.26. The van der Waals surface area contributed by atoms with E-state index >= 15 is 0 Å². The van der Waals surface area contributed by atoms with E-state index in [-0.39, 0.29) is 33.0 Å². The molecule has 1 aliphatic rings. The van der Waals surface area contributed by atoms with Crippen LogP contribution in [0.3, 0.4) is 0 Å². The minimum Gasteiger partial charge on any atom is -0.285 e. The number of benzene rings is 4. The van der Waals surface area contributed by atoms with Crippen molar-refractivity contribution in [1.82, 2.24) is 4.58 Å². The Balaban J connectivity index is 1.90. The summed E-state index contributed by atoms with van der Waals surface area (Å²) in [5.74, 6) is -1.75. The largest absolute Gasteiger partial charge is 0.295 e. The van der Waals surface area contributed by atoms with Crippen molar-refractivity contribution in [1.29, 1.82) is 0 Å². The van der Waals surface area contributed by atoms with Gasteiger partial charge in [0.25, 0.3) is 40.5 Å². The molecule has 0 fully saturated rings. The molecule has 0 atom stereocenters. The SMILES string of the molecule is CC1=[N+](c2cc(CS(=O)(=O)O)c3c(CS(=O)(=O)O)cccc3c2)c2cc(S(=O)(=O)O)c3cc(S(=O)(=O)O)ccc3c2C1(C)C. The van der Waals surface area contributed by atoms with Crippen LogP contribution in [0.2, 0.25) is 0 Å². The maximum Gasteiger partial charge on any atom is 0.295 e. The highest BCUT2D eigenvalue weighted by Gasteiger charge is 2.47. The molecule has 234 valence electrons. The zero-order chi connectivity index (χ0) is 32.8. The molecule has 1 heterocycles. The van der Waals surface area contributed by atoms with Gasteiger partial charge in [0.05, 0.1) is 10.3 Å². The van der Waals surface area contributed by atoms with Crippen LogP contribution in [0.15, 0.2) is 64.4 Å². The van der Waals surface area contributed by atoms with Crippen LogP contribution in [0.5, 0.6) is 0 Å². The summed E-state index contributed by atoms with van der Waals surface area (Å²) in [6.07, 6.45) is 0. The molecule has 0 saturated carbocycles. The second kappa shape index (κ2) is 10.1. The summed E-state index contributed by atoms with van der Waals surface area (Å²) in [7, 11) is -18.9. The quantitative estimate of drug-likeness (QED) is 0.161. The Hall–Kier alpha value is -3.29. The molecule has 0 radical (unpaired) electrons. The molecule has 44 heavy (non-hydrogen) atoms. The Kier molecular flexibility index (Phi) is 7.38. The average molecular weight is 685 g/mol. The lowest BCUT2D eigenvalue weighted by Gasteiger charge is -2.18. The molecule has 0 aliphatic carbocycles. The maximum atomic E-state index is 12.6. The predicted molar refractivity (Wildman–Crippen MR) is 163 cm³/mol. The van der Waals surface area contributed by atoms with E-state index in [9.17, 15) is 51.9 Å². The van der Waals surface area contributed by atoms with Gasteiger partial charge in [0, 0.05) is 36.1 Å². The summed E-state index contributed by atoms with van der Waals surface area (Å²) < 4.78 is 137. The van der Waals surface area contributed by atoms with E-state index < -0.39 is 67.2 Å². The van der Waals surface area contributed by atoms with Gasteiger partial charge in [0.2, 0.25) is 11.4 Å². The van der Waals surface area contributed by atoms with Crippen LogP contribution in [0, 0.1) is 0 Å². The van der Waals surface area contributed by atoms with Crippen LogP contribution in [-0.2, 0) is 57.4 Å². The lowest BCUT2D eigenvalue weighted by molar-refractivity contribution is 0.480. The summed E-state index contributed by atoms with van der Waals surface area (Å²) in [5, 5.41) is 0.598. The summed E-state index contributed by atoms with van der Waals surface area (Å²) in [5.41, 5.74) is 0.871. The van der Waals surface area contributed by atoms with Crippen molar-refractivity contribution in [2.24, 2.45) is 0 Å². The van der Waals surface area contributed by atoms with E-state index in [2.05, 4.69) is 0 Å². The van der Waals surface area contributed by atoms with Crippen molar-refractivity contribution in [2.75, 3.05) is 0 Å². The number of fused-ring (bicyclic) bond motifs is 4. The molecular formula is C27H26NO12S4+. The van der Waals surface area contributed by atoms with Gasteiger partial charge in [-0.15, -0.1) is 0 Å². The van der Waals surface area contributed by atoms with Gasteiger partial charge < -0.3 is 0 Å². The van der Waals surface area contributed by atoms with Gasteiger partial charge in [0.1, 0.15) is 16.4 Å². The third kappa shape index (κ3) is 5.77. The Morgan fingerprint density at radius 2 is 1.32 bits per heavy atom. The van der Waals surface area contributed by atoms with Gasteiger partial charge in [0.15, 0.2) is 5.71 Å². The molecule has 4 aromatic rings. The van der Waals surface area contributed by atoms with Crippen LogP contribution in [-0.4, -0.2) is 57.6 Å². The Morgan fingerprint density at radius 1 is 0.705 bits per heavy atom. The van der Waals surface area contributed by atoms with Crippen molar-refractivity contribution in [3.63, 3.8) is 0 Å². The number of hydrogen-bond acceptors (Lipinski definition) is 8. The van der Waals surface area contributed by atoms with E-state index in [1.54, 1.807) is 23.6 Å². The fourth-order valence-electron chi connectivity index (χ4n) is 5.88. The molecule has 4 N–H and O–H groups in total. The van der Waals surface area contributed by atoms with Gasteiger partial charge in [-0.1, -0.05) is 24.3 Å². The third-order valence-electron chi connectivity index (χ3n) is 7.79. The second-order valence-electron chi connectivity index (χ2n) is 11.0. The first kappa shape index (κ1) is 32.1. The summed E-state index contributed by atoms with van der Waals surface area (Å²) >= 11 is 0. The highest BCUT2D eigenvalue weighted by molar-refractivity contribution is 7.86. The van der Waals surface area contributed by atoms with Crippen molar-refractivity contribution in [3.8, 4) is 0 Å². The average Bonchev–Trinajstić information content (AvgIpc) is 3.05. The van der Waals surface area contributed by atoms with Crippen molar-refractivity contribution in [2.45, 2.75) is 47.5 Å². The summed E-state index contributed by atoms with van der Waals surface area (Å²) in [4.78, 5) is -1.24. The van der Waals surface area contributed by atoms with Crippen molar-refractivity contribution >= 4 is 79.1 Å². The van der Waals surface area contributed by atoms with Crippen LogP contribution < -0.4 is 4.58 Å². The van der Waals surface area contributed by atoms with E-state index in [0.29, 0.717) is 22.3 Å².